The molecule has 0 atom stereocenters. The second-order valence-corrected chi connectivity index (χ2v) is 6.59. The average molecular weight is 284 g/mol. The summed E-state index contributed by atoms with van der Waals surface area (Å²) >= 11 is 1.67. The molecule has 0 aliphatic carbocycles. The smallest absolute Gasteiger partial charge is 0.352 e. The molecule has 19 heavy (non-hydrogen) atoms. The van der Waals surface area contributed by atoms with Crippen LogP contribution in [0.15, 0.2) is 0 Å². The van der Waals surface area contributed by atoms with Crippen LogP contribution in [0.2, 0.25) is 0 Å². The molecular weight excluding hydrogens is 264 g/mol. The largest absolute Gasteiger partial charge is 0.477 e. The van der Waals surface area contributed by atoms with Crippen molar-refractivity contribution in [1.29, 1.82) is 0 Å². The standard InChI is InChI=1S/C13H20N2O3S/c1-7-9(8(2)15-10(7)12(17)18)11(16)14-6-13(3,4)19-5/h15H,6H2,1-5H3,(H,14,16)(H,17,18). The van der Waals surface area contributed by atoms with Crippen molar-refractivity contribution in [2.75, 3.05) is 12.8 Å². The Kier molecular flexibility index (Phi) is 4.68. The van der Waals surface area contributed by atoms with Crippen molar-refractivity contribution in [3.63, 3.8) is 0 Å². The average Bonchev–Trinajstić information content (AvgIpc) is 2.62. The number of carbonyl (C=O) groups is 2. The molecule has 6 heteroatoms. The van der Waals surface area contributed by atoms with Crippen molar-refractivity contribution >= 4 is 23.6 Å². The first kappa shape index (κ1) is 15.6. The zero-order chi connectivity index (χ0) is 14.8. The van der Waals surface area contributed by atoms with Gasteiger partial charge in [-0.1, -0.05) is 0 Å². The van der Waals surface area contributed by atoms with Gasteiger partial charge in [-0.2, -0.15) is 11.8 Å². The highest BCUT2D eigenvalue weighted by molar-refractivity contribution is 7.99. The minimum absolute atomic E-state index is 0.0522. The van der Waals surface area contributed by atoms with Crippen LogP contribution < -0.4 is 5.32 Å². The lowest BCUT2D eigenvalue weighted by Gasteiger charge is -2.22. The zero-order valence-corrected chi connectivity index (χ0v) is 12.7. The summed E-state index contributed by atoms with van der Waals surface area (Å²) in [7, 11) is 0. The van der Waals surface area contributed by atoms with E-state index in [0.29, 0.717) is 23.4 Å². The summed E-state index contributed by atoms with van der Waals surface area (Å²) in [5.41, 5.74) is 1.56. The maximum absolute atomic E-state index is 12.2. The third kappa shape index (κ3) is 3.53. The van der Waals surface area contributed by atoms with Gasteiger partial charge in [0.2, 0.25) is 0 Å². The van der Waals surface area contributed by atoms with Crippen molar-refractivity contribution in [2.45, 2.75) is 32.4 Å². The summed E-state index contributed by atoms with van der Waals surface area (Å²) in [5, 5.41) is 11.9. The molecule has 0 bridgehead atoms. The maximum atomic E-state index is 12.2. The topological polar surface area (TPSA) is 82.2 Å². The normalized spacial score (nSPS) is 11.4. The zero-order valence-electron chi connectivity index (χ0n) is 11.9. The third-order valence-corrected chi connectivity index (χ3v) is 4.36. The lowest BCUT2D eigenvalue weighted by atomic mass is 10.1. The number of H-pyrrole nitrogens is 1. The van der Waals surface area contributed by atoms with Crippen molar-refractivity contribution < 1.29 is 14.7 Å². The molecule has 0 aromatic carbocycles. The number of hydrogen-bond acceptors (Lipinski definition) is 3. The van der Waals surface area contributed by atoms with Gasteiger partial charge < -0.3 is 15.4 Å². The molecule has 5 nitrogen and oxygen atoms in total. The van der Waals surface area contributed by atoms with E-state index in [1.165, 1.54) is 0 Å². The molecule has 0 aliphatic rings. The number of amides is 1. The van der Waals surface area contributed by atoms with E-state index >= 15 is 0 Å². The van der Waals surface area contributed by atoms with Gasteiger partial charge in [0.05, 0.1) is 5.56 Å². The van der Waals surface area contributed by atoms with Crippen molar-refractivity contribution in [1.82, 2.24) is 10.3 Å². The van der Waals surface area contributed by atoms with Crippen LogP contribution >= 0.6 is 11.8 Å². The van der Waals surface area contributed by atoms with E-state index in [1.807, 2.05) is 20.1 Å². The summed E-state index contributed by atoms with van der Waals surface area (Å²) in [6, 6.07) is 0. The van der Waals surface area contributed by atoms with E-state index in [1.54, 1.807) is 25.6 Å². The number of aromatic carboxylic acids is 1. The second-order valence-electron chi connectivity index (χ2n) is 5.08. The van der Waals surface area contributed by atoms with Gasteiger partial charge >= 0.3 is 5.97 Å². The predicted octanol–water partition coefficient (Wildman–Crippen LogP) is 2.20. The molecule has 1 aromatic heterocycles. The first-order valence-corrected chi connectivity index (χ1v) is 7.18. The van der Waals surface area contributed by atoms with E-state index in [2.05, 4.69) is 10.3 Å². The van der Waals surface area contributed by atoms with Crippen LogP contribution in [0.3, 0.4) is 0 Å². The minimum Gasteiger partial charge on any atom is -0.477 e. The Balaban J connectivity index is 2.92. The van der Waals surface area contributed by atoms with Crippen LogP contribution in [-0.2, 0) is 0 Å². The van der Waals surface area contributed by atoms with E-state index in [9.17, 15) is 9.59 Å². The predicted molar refractivity (Wildman–Crippen MR) is 77.2 cm³/mol. The van der Waals surface area contributed by atoms with E-state index in [0.717, 1.165) is 0 Å². The first-order valence-electron chi connectivity index (χ1n) is 5.95. The molecule has 106 valence electrons. The number of carboxylic acid groups (broad SMARTS) is 1. The molecule has 0 spiro atoms. The van der Waals surface area contributed by atoms with Crippen molar-refractivity contribution in [3.8, 4) is 0 Å². The van der Waals surface area contributed by atoms with Gasteiger partial charge in [0.1, 0.15) is 5.69 Å². The van der Waals surface area contributed by atoms with Crippen LogP contribution in [0, 0.1) is 13.8 Å². The molecule has 1 aromatic rings. The SMILES string of the molecule is CSC(C)(C)CNC(=O)c1c(C)[nH]c(C(=O)O)c1C. The number of aryl methyl sites for hydroxylation is 1. The quantitative estimate of drug-likeness (QED) is 0.774. The Morgan fingerprint density at radius 2 is 1.95 bits per heavy atom. The first-order chi connectivity index (χ1) is 8.69. The molecule has 0 saturated carbocycles. The fourth-order valence-electron chi connectivity index (χ4n) is 1.76. The van der Waals surface area contributed by atoms with Gasteiger partial charge in [-0.15, -0.1) is 0 Å². The van der Waals surface area contributed by atoms with E-state index in [4.69, 9.17) is 5.11 Å². The maximum Gasteiger partial charge on any atom is 0.352 e. The van der Waals surface area contributed by atoms with Gasteiger partial charge in [-0.05, 0) is 39.5 Å². The summed E-state index contributed by atoms with van der Waals surface area (Å²) in [6.45, 7) is 7.95. The molecule has 0 aliphatic heterocycles. The summed E-state index contributed by atoms with van der Waals surface area (Å²) in [6.07, 6.45) is 1.99. The lowest BCUT2D eigenvalue weighted by Crippen LogP contribution is -2.36. The van der Waals surface area contributed by atoms with E-state index < -0.39 is 5.97 Å². The van der Waals surface area contributed by atoms with Crippen LogP contribution in [-0.4, -0.2) is 39.5 Å². The number of rotatable bonds is 5. The Bertz CT molecular complexity index is 506. The molecule has 0 radical (unpaired) electrons. The highest BCUT2D eigenvalue weighted by atomic mass is 32.2. The number of thioether (sulfide) groups is 1. The minimum atomic E-state index is -1.05. The molecule has 1 amide bonds. The monoisotopic (exact) mass is 284 g/mol. The fraction of sp³-hybridized carbons (Fsp3) is 0.538. The van der Waals surface area contributed by atoms with Crippen LogP contribution in [0.5, 0.6) is 0 Å². The number of aromatic amines is 1. The third-order valence-electron chi connectivity index (χ3n) is 3.11. The molecule has 1 rings (SSSR count). The Morgan fingerprint density at radius 1 is 1.37 bits per heavy atom. The molecule has 0 saturated heterocycles. The van der Waals surface area contributed by atoms with Gasteiger partial charge in [-0.3, -0.25) is 4.79 Å². The summed E-state index contributed by atoms with van der Waals surface area (Å²) in [5.74, 6) is -1.29. The Hall–Kier alpha value is -1.43. The number of carboxylic acids is 1. The Morgan fingerprint density at radius 3 is 2.37 bits per heavy atom. The second kappa shape index (κ2) is 5.69. The van der Waals surface area contributed by atoms with Gasteiger partial charge in [-0.25, -0.2) is 4.79 Å². The molecule has 0 unspecified atom stereocenters. The molecule has 1 heterocycles. The van der Waals surface area contributed by atoms with Crippen LogP contribution in [0.25, 0.3) is 0 Å². The van der Waals surface area contributed by atoms with Gasteiger partial charge in [0.25, 0.3) is 5.91 Å². The van der Waals surface area contributed by atoms with Crippen LogP contribution in [0.4, 0.5) is 0 Å². The van der Waals surface area contributed by atoms with Gasteiger partial charge in [0, 0.05) is 17.0 Å². The fourth-order valence-corrected chi connectivity index (χ4v) is 1.97. The molecular formula is C13H20N2O3S. The molecule has 0 fully saturated rings. The van der Waals surface area contributed by atoms with Crippen molar-refractivity contribution in [2.24, 2.45) is 0 Å². The lowest BCUT2D eigenvalue weighted by molar-refractivity contribution is 0.0690. The van der Waals surface area contributed by atoms with E-state index in [-0.39, 0.29) is 16.3 Å². The number of nitrogens with one attached hydrogen (secondary N) is 2. The number of aromatic nitrogens is 1. The Labute approximate surface area is 117 Å². The van der Waals surface area contributed by atoms with Crippen LogP contribution in [0.1, 0.15) is 46.0 Å². The van der Waals surface area contributed by atoms with Gasteiger partial charge in [0.15, 0.2) is 0 Å². The summed E-state index contributed by atoms with van der Waals surface area (Å²) in [4.78, 5) is 25.9. The molecule has 3 N–H and O–H groups in total. The highest BCUT2D eigenvalue weighted by Crippen LogP contribution is 2.21. The highest BCUT2D eigenvalue weighted by Gasteiger charge is 2.23. The summed E-state index contributed by atoms with van der Waals surface area (Å²) < 4.78 is -0.0522. The van der Waals surface area contributed by atoms with Crippen molar-refractivity contribution in [3.05, 3.63) is 22.5 Å². The number of carbonyl (C=O) groups excluding carboxylic acids is 1. The number of hydrogen-bond donors (Lipinski definition) is 3.